The van der Waals surface area contributed by atoms with Gasteiger partial charge in [-0.1, -0.05) is 19.1 Å². The molecule has 0 fully saturated rings. The van der Waals surface area contributed by atoms with Crippen LogP contribution in [0.4, 0.5) is 18.9 Å². The van der Waals surface area contributed by atoms with Gasteiger partial charge in [0, 0.05) is 6.42 Å². The molecule has 4 nitrogen and oxygen atoms in total. The molecule has 1 aromatic carbocycles. The smallest absolute Gasteiger partial charge is 0.323 e. The maximum Gasteiger partial charge on any atom is 0.416 e. The molecule has 0 unspecified atom stereocenters. The summed E-state index contributed by atoms with van der Waals surface area (Å²) in [6.07, 6.45) is -3.22. The standard InChI is InChI=1S/C17H20F3N3O/c1-4-6-15(24)21-16-11(2)22-23(12(16)3)10-13-7-5-8-14(9-13)17(18,19)20/h5,7-9H,4,6,10H2,1-3H3,(H,21,24). The molecule has 2 aromatic rings. The number of aryl methyl sites for hydroxylation is 1. The fraction of sp³-hybridized carbons (Fsp3) is 0.412. The Bertz CT molecular complexity index is 735. The number of benzene rings is 1. The number of carbonyl (C=O) groups excluding carboxylic acids is 1. The highest BCUT2D eigenvalue weighted by Crippen LogP contribution is 2.30. The minimum atomic E-state index is -4.37. The van der Waals surface area contributed by atoms with Gasteiger partial charge in [-0.25, -0.2) is 0 Å². The van der Waals surface area contributed by atoms with Crippen LogP contribution in [0.2, 0.25) is 0 Å². The van der Waals surface area contributed by atoms with Crippen molar-refractivity contribution in [2.24, 2.45) is 0 Å². The Balaban J connectivity index is 2.24. The van der Waals surface area contributed by atoms with Crippen LogP contribution in [0, 0.1) is 13.8 Å². The van der Waals surface area contributed by atoms with Crippen molar-refractivity contribution in [1.82, 2.24) is 9.78 Å². The largest absolute Gasteiger partial charge is 0.416 e. The molecular formula is C17H20F3N3O. The van der Waals surface area contributed by atoms with E-state index in [1.54, 1.807) is 24.6 Å². The van der Waals surface area contributed by atoms with E-state index in [1.165, 1.54) is 6.07 Å². The molecule has 0 saturated heterocycles. The van der Waals surface area contributed by atoms with Crippen molar-refractivity contribution in [3.63, 3.8) is 0 Å². The first-order valence-corrected chi connectivity index (χ1v) is 7.72. The summed E-state index contributed by atoms with van der Waals surface area (Å²) in [6.45, 7) is 5.67. The number of anilines is 1. The molecule has 0 radical (unpaired) electrons. The first-order chi connectivity index (χ1) is 11.2. The van der Waals surface area contributed by atoms with Crippen LogP contribution in [-0.2, 0) is 17.5 Å². The predicted molar refractivity (Wildman–Crippen MR) is 85.8 cm³/mol. The highest BCUT2D eigenvalue weighted by Gasteiger charge is 2.30. The normalized spacial score (nSPS) is 11.6. The van der Waals surface area contributed by atoms with Crippen LogP contribution in [0.15, 0.2) is 24.3 Å². The van der Waals surface area contributed by atoms with E-state index in [4.69, 9.17) is 0 Å². The average Bonchev–Trinajstić information content (AvgIpc) is 2.75. The summed E-state index contributed by atoms with van der Waals surface area (Å²) >= 11 is 0. The lowest BCUT2D eigenvalue weighted by atomic mass is 10.1. The summed E-state index contributed by atoms with van der Waals surface area (Å²) in [5.41, 5.74) is 1.80. The van der Waals surface area contributed by atoms with Gasteiger partial charge in [0.1, 0.15) is 0 Å². The van der Waals surface area contributed by atoms with Crippen molar-refractivity contribution in [3.8, 4) is 0 Å². The van der Waals surface area contributed by atoms with Gasteiger partial charge in [0.15, 0.2) is 0 Å². The molecule has 1 N–H and O–H groups in total. The van der Waals surface area contributed by atoms with Crippen molar-refractivity contribution in [3.05, 3.63) is 46.8 Å². The lowest BCUT2D eigenvalue weighted by Gasteiger charge is -2.10. The number of aromatic nitrogens is 2. The number of alkyl halides is 3. The molecule has 0 aliphatic carbocycles. The van der Waals surface area contributed by atoms with Crippen molar-refractivity contribution in [1.29, 1.82) is 0 Å². The van der Waals surface area contributed by atoms with Gasteiger partial charge < -0.3 is 5.32 Å². The lowest BCUT2D eigenvalue weighted by molar-refractivity contribution is -0.137. The van der Waals surface area contributed by atoms with Crippen LogP contribution in [-0.4, -0.2) is 15.7 Å². The zero-order valence-electron chi connectivity index (χ0n) is 13.9. The summed E-state index contributed by atoms with van der Waals surface area (Å²) < 4.78 is 40.0. The molecule has 24 heavy (non-hydrogen) atoms. The second-order valence-corrected chi connectivity index (χ2v) is 5.70. The van der Waals surface area contributed by atoms with Crippen LogP contribution < -0.4 is 5.32 Å². The average molecular weight is 339 g/mol. The zero-order valence-corrected chi connectivity index (χ0v) is 13.9. The SMILES string of the molecule is CCCC(=O)Nc1c(C)nn(Cc2cccc(C(F)(F)F)c2)c1C. The van der Waals surface area contributed by atoms with Gasteiger partial charge in [0.2, 0.25) is 5.91 Å². The Morgan fingerprint density at radius 1 is 1.29 bits per heavy atom. The summed E-state index contributed by atoms with van der Waals surface area (Å²) in [4.78, 5) is 11.8. The fourth-order valence-electron chi connectivity index (χ4n) is 2.48. The Morgan fingerprint density at radius 3 is 2.62 bits per heavy atom. The Morgan fingerprint density at radius 2 is 2.00 bits per heavy atom. The van der Waals surface area contributed by atoms with Crippen LogP contribution in [0.1, 0.15) is 42.3 Å². The van der Waals surface area contributed by atoms with E-state index in [9.17, 15) is 18.0 Å². The van der Waals surface area contributed by atoms with Crippen molar-refractivity contribution in [2.75, 3.05) is 5.32 Å². The lowest BCUT2D eigenvalue weighted by Crippen LogP contribution is -2.12. The van der Waals surface area contributed by atoms with Crippen molar-refractivity contribution >= 4 is 11.6 Å². The van der Waals surface area contributed by atoms with E-state index in [1.807, 2.05) is 6.92 Å². The molecule has 2 rings (SSSR count). The maximum absolute atomic E-state index is 12.8. The quantitative estimate of drug-likeness (QED) is 0.882. The van der Waals surface area contributed by atoms with Gasteiger partial charge in [0.05, 0.1) is 29.2 Å². The summed E-state index contributed by atoms with van der Waals surface area (Å²) in [5, 5.41) is 7.15. The van der Waals surface area contributed by atoms with E-state index in [2.05, 4.69) is 10.4 Å². The van der Waals surface area contributed by atoms with Crippen LogP contribution >= 0.6 is 0 Å². The van der Waals surface area contributed by atoms with Crippen LogP contribution in [0.5, 0.6) is 0 Å². The monoisotopic (exact) mass is 339 g/mol. The Labute approximate surface area is 138 Å². The van der Waals surface area contributed by atoms with E-state index in [0.717, 1.165) is 24.2 Å². The highest BCUT2D eigenvalue weighted by molar-refractivity contribution is 5.91. The second kappa shape index (κ2) is 7.07. The number of halogens is 3. The number of rotatable bonds is 5. The third kappa shape index (κ3) is 4.15. The van der Waals surface area contributed by atoms with Gasteiger partial charge in [0.25, 0.3) is 0 Å². The Kier molecular flexibility index (Phi) is 5.31. The summed E-state index contributed by atoms with van der Waals surface area (Å²) in [6, 6.07) is 5.17. The zero-order chi connectivity index (χ0) is 17.9. The van der Waals surface area contributed by atoms with E-state index in [-0.39, 0.29) is 12.5 Å². The summed E-state index contributed by atoms with van der Waals surface area (Å²) in [5.74, 6) is -0.0951. The first-order valence-electron chi connectivity index (χ1n) is 7.72. The molecular weight excluding hydrogens is 319 g/mol. The van der Waals surface area contributed by atoms with Crippen molar-refractivity contribution in [2.45, 2.75) is 46.3 Å². The maximum atomic E-state index is 12.8. The predicted octanol–water partition coefficient (Wildman–Crippen LogP) is 4.31. The second-order valence-electron chi connectivity index (χ2n) is 5.70. The number of hydrogen-bond acceptors (Lipinski definition) is 2. The molecule has 0 saturated carbocycles. The fourth-order valence-corrected chi connectivity index (χ4v) is 2.48. The van der Waals surface area contributed by atoms with Crippen molar-refractivity contribution < 1.29 is 18.0 Å². The summed E-state index contributed by atoms with van der Waals surface area (Å²) in [7, 11) is 0. The highest BCUT2D eigenvalue weighted by atomic mass is 19.4. The molecule has 1 aromatic heterocycles. The molecule has 1 amide bonds. The molecule has 130 valence electrons. The van der Waals surface area contributed by atoms with Crippen LogP contribution in [0.25, 0.3) is 0 Å². The van der Waals surface area contributed by atoms with Gasteiger partial charge in [-0.05, 0) is 38.0 Å². The minimum Gasteiger partial charge on any atom is -0.323 e. The van der Waals surface area contributed by atoms with E-state index in [0.29, 0.717) is 23.4 Å². The number of amides is 1. The van der Waals surface area contributed by atoms with Gasteiger partial charge in [-0.15, -0.1) is 0 Å². The molecule has 7 heteroatoms. The number of carbonyl (C=O) groups is 1. The van der Waals surface area contributed by atoms with Gasteiger partial charge in [-0.2, -0.15) is 18.3 Å². The van der Waals surface area contributed by atoms with E-state index < -0.39 is 11.7 Å². The molecule has 0 aliphatic rings. The third-order valence-corrected chi connectivity index (χ3v) is 3.71. The molecule has 1 heterocycles. The molecule has 0 spiro atoms. The molecule has 0 aliphatic heterocycles. The van der Waals surface area contributed by atoms with Gasteiger partial charge in [-0.3, -0.25) is 9.48 Å². The number of nitrogens with one attached hydrogen (secondary N) is 1. The topological polar surface area (TPSA) is 46.9 Å². The minimum absolute atomic E-state index is 0.0951. The first kappa shape index (κ1) is 18.0. The Hall–Kier alpha value is -2.31. The molecule has 0 atom stereocenters. The number of nitrogens with zero attached hydrogens (tertiary/aromatic N) is 2. The van der Waals surface area contributed by atoms with Gasteiger partial charge >= 0.3 is 6.18 Å². The van der Waals surface area contributed by atoms with Crippen LogP contribution in [0.3, 0.4) is 0 Å². The third-order valence-electron chi connectivity index (χ3n) is 3.71. The molecule has 0 bridgehead atoms. The number of hydrogen-bond donors (Lipinski definition) is 1. The van der Waals surface area contributed by atoms with E-state index >= 15 is 0 Å².